The molecule has 0 unspecified atom stereocenters. The fourth-order valence-corrected chi connectivity index (χ4v) is 2.54. The molecular formula is C14H19FN2O2. The summed E-state index contributed by atoms with van der Waals surface area (Å²) in [6.45, 7) is 0. The van der Waals surface area contributed by atoms with Crippen LogP contribution >= 0.6 is 0 Å². The van der Waals surface area contributed by atoms with Crippen molar-refractivity contribution in [2.24, 2.45) is 5.73 Å². The van der Waals surface area contributed by atoms with Crippen molar-refractivity contribution in [1.29, 1.82) is 0 Å². The van der Waals surface area contributed by atoms with E-state index < -0.39 is 11.4 Å². The predicted molar refractivity (Wildman–Crippen MR) is 71.6 cm³/mol. The quantitative estimate of drug-likeness (QED) is 0.879. The Morgan fingerprint density at radius 1 is 1.47 bits per heavy atom. The molecule has 5 heteroatoms. The average molecular weight is 266 g/mol. The van der Waals surface area contributed by atoms with Crippen LogP contribution in [0.4, 0.5) is 10.1 Å². The first-order chi connectivity index (χ1) is 9.02. The second kappa shape index (κ2) is 5.57. The van der Waals surface area contributed by atoms with Gasteiger partial charge in [0, 0.05) is 18.0 Å². The zero-order chi connectivity index (χ0) is 13.9. The lowest BCUT2D eigenvalue weighted by Gasteiger charge is -2.22. The van der Waals surface area contributed by atoms with E-state index in [9.17, 15) is 9.18 Å². The highest BCUT2D eigenvalue weighted by Gasteiger charge is 2.31. The van der Waals surface area contributed by atoms with Crippen LogP contribution in [0.25, 0.3) is 0 Å². The normalized spacial score (nSPS) is 17.2. The van der Waals surface area contributed by atoms with Crippen molar-refractivity contribution in [2.75, 3.05) is 12.4 Å². The highest BCUT2D eigenvalue weighted by atomic mass is 19.1. The first-order valence-electron chi connectivity index (χ1n) is 6.45. The Kier molecular flexibility index (Phi) is 4.04. The van der Waals surface area contributed by atoms with Gasteiger partial charge in [-0.3, -0.25) is 4.79 Å². The number of carbonyl (C=O) groups excluding carboxylic acids is 1. The van der Waals surface area contributed by atoms with Crippen molar-refractivity contribution in [1.82, 2.24) is 0 Å². The number of amides is 1. The smallest absolute Gasteiger partial charge is 0.226 e. The fraction of sp³-hybridized carbons (Fsp3) is 0.500. The van der Waals surface area contributed by atoms with Crippen molar-refractivity contribution in [3.63, 3.8) is 0 Å². The van der Waals surface area contributed by atoms with Gasteiger partial charge in [-0.15, -0.1) is 0 Å². The fourth-order valence-electron chi connectivity index (χ4n) is 2.54. The molecule has 1 amide bonds. The zero-order valence-corrected chi connectivity index (χ0v) is 11.0. The molecule has 1 aliphatic rings. The Hall–Kier alpha value is -1.62. The molecule has 19 heavy (non-hydrogen) atoms. The van der Waals surface area contributed by atoms with Gasteiger partial charge in [0.1, 0.15) is 11.6 Å². The summed E-state index contributed by atoms with van der Waals surface area (Å²) in [7, 11) is 1.44. The van der Waals surface area contributed by atoms with Crippen LogP contribution < -0.4 is 15.8 Å². The van der Waals surface area contributed by atoms with Crippen molar-refractivity contribution in [3.05, 3.63) is 24.0 Å². The van der Waals surface area contributed by atoms with Gasteiger partial charge in [-0.25, -0.2) is 4.39 Å². The number of carbonyl (C=O) groups is 1. The van der Waals surface area contributed by atoms with Gasteiger partial charge >= 0.3 is 0 Å². The van der Waals surface area contributed by atoms with Gasteiger partial charge in [-0.2, -0.15) is 0 Å². The first-order valence-corrected chi connectivity index (χ1v) is 6.45. The third-order valence-corrected chi connectivity index (χ3v) is 3.55. The molecule has 1 aromatic carbocycles. The number of rotatable bonds is 4. The topological polar surface area (TPSA) is 64.3 Å². The maximum absolute atomic E-state index is 13.0. The summed E-state index contributed by atoms with van der Waals surface area (Å²) in [6.07, 6.45) is 4.18. The highest BCUT2D eigenvalue weighted by molar-refractivity contribution is 5.93. The summed E-state index contributed by atoms with van der Waals surface area (Å²) in [5.41, 5.74) is 6.23. The van der Waals surface area contributed by atoms with Crippen LogP contribution in [0.1, 0.15) is 32.1 Å². The Bertz CT molecular complexity index is 471. The summed E-state index contributed by atoms with van der Waals surface area (Å²) >= 11 is 0. The SMILES string of the molecule is COc1cc(F)ccc1NC(=O)CC1(N)CCCC1. The monoisotopic (exact) mass is 266 g/mol. The van der Waals surface area contributed by atoms with Gasteiger partial charge in [0.25, 0.3) is 0 Å². The minimum absolute atomic E-state index is 0.158. The van der Waals surface area contributed by atoms with Crippen LogP contribution in [0.2, 0.25) is 0 Å². The Labute approximate surface area is 112 Å². The zero-order valence-electron chi connectivity index (χ0n) is 11.0. The molecule has 0 saturated heterocycles. The van der Waals surface area contributed by atoms with E-state index in [1.54, 1.807) is 0 Å². The lowest BCUT2D eigenvalue weighted by molar-refractivity contribution is -0.117. The summed E-state index contributed by atoms with van der Waals surface area (Å²) in [4.78, 5) is 12.0. The molecule has 1 aliphatic carbocycles. The number of nitrogens with one attached hydrogen (secondary N) is 1. The molecule has 1 aromatic rings. The van der Waals surface area contributed by atoms with Crippen LogP contribution in [-0.2, 0) is 4.79 Å². The average Bonchev–Trinajstić information content (AvgIpc) is 2.77. The number of hydrogen-bond acceptors (Lipinski definition) is 3. The molecule has 0 atom stereocenters. The lowest BCUT2D eigenvalue weighted by atomic mass is 9.94. The third-order valence-electron chi connectivity index (χ3n) is 3.55. The number of hydrogen-bond donors (Lipinski definition) is 2. The van der Waals surface area contributed by atoms with E-state index in [2.05, 4.69) is 5.32 Å². The molecule has 0 radical (unpaired) electrons. The second-order valence-electron chi connectivity index (χ2n) is 5.14. The van der Waals surface area contributed by atoms with Crippen LogP contribution in [0.5, 0.6) is 5.75 Å². The summed E-state index contributed by atoms with van der Waals surface area (Å²) in [5.74, 6) is -0.249. The van der Waals surface area contributed by atoms with E-state index in [-0.39, 0.29) is 12.3 Å². The molecule has 0 heterocycles. The molecule has 2 rings (SSSR count). The molecule has 0 aliphatic heterocycles. The van der Waals surface area contributed by atoms with Crippen LogP contribution in [0.15, 0.2) is 18.2 Å². The van der Waals surface area contributed by atoms with Gasteiger partial charge in [0.2, 0.25) is 5.91 Å². The Morgan fingerprint density at radius 2 is 2.16 bits per heavy atom. The largest absolute Gasteiger partial charge is 0.494 e. The Morgan fingerprint density at radius 3 is 2.79 bits per heavy atom. The van der Waals surface area contributed by atoms with Gasteiger partial charge < -0.3 is 15.8 Å². The Balaban J connectivity index is 2.02. The minimum Gasteiger partial charge on any atom is -0.494 e. The van der Waals surface area contributed by atoms with Crippen molar-refractivity contribution in [2.45, 2.75) is 37.6 Å². The standard InChI is InChI=1S/C14H19FN2O2/c1-19-12-8-10(15)4-5-11(12)17-13(18)9-14(16)6-2-3-7-14/h4-5,8H,2-3,6-7,9,16H2,1H3,(H,17,18). The minimum atomic E-state index is -0.402. The molecule has 1 fully saturated rings. The molecule has 1 saturated carbocycles. The van der Waals surface area contributed by atoms with Crippen LogP contribution in [0.3, 0.4) is 0 Å². The van der Waals surface area contributed by atoms with Crippen molar-refractivity contribution < 1.29 is 13.9 Å². The lowest BCUT2D eigenvalue weighted by Crippen LogP contribution is -2.40. The van der Waals surface area contributed by atoms with E-state index >= 15 is 0 Å². The van der Waals surface area contributed by atoms with E-state index in [4.69, 9.17) is 10.5 Å². The number of anilines is 1. The first kappa shape index (κ1) is 13.8. The van der Waals surface area contributed by atoms with Gasteiger partial charge in [-0.1, -0.05) is 12.8 Å². The number of benzene rings is 1. The molecule has 3 N–H and O–H groups in total. The van der Waals surface area contributed by atoms with Crippen LogP contribution in [0, 0.1) is 5.82 Å². The molecule has 0 spiro atoms. The van der Waals surface area contributed by atoms with E-state index in [1.165, 1.54) is 25.3 Å². The summed E-state index contributed by atoms with van der Waals surface area (Å²) < 4.78 is 18.1. The molecule has 0 bridgehead atoms. The summed E-state index contributed by atoms with van der Waals surface area (Å²) in [6, 6.07) is 4.01. The number of halogens is 1. The van der Waals surface area contributed by atoms with Crippen molar-refractivity contribution >= 4 is 11.6 Å². The molecule has 0 aromatic heterocycles. The molecule has 104 valence electrons. The number of nitrogens with two attached hydrogens (primary N) is 1. The highest BCUT2D eigenvalue weighted by Crippen LogP contribution is 2.31. The van der Waals surface area contributed by atoms with E-state index in [0.717, 1.165) is 25.7 Å². The van der Waals surface area contributed by atoms with Gasteiger partial charge in [0.05, 0.1) is 12.8 Å². The van der Waals surface area contributed by atoms with Gasteiger partial charge in [0.15, 0.2) is 0 Å². The van der Waals surface area contributed by atoms with Gasteiger partial charge in [-0.05, 0) is 25.0 Å². The maximum Gasteiger partial charge on any atom is 0.226 e. The third kappa shape index (κ3) is 3.44. The second-order valence-corrected chi connectivity index (χ2v) is 5.14. The van der Waals surface area contributed by atoms with Crippen LogP contribution in [-0.4, -0.2) is 18.6 Å². The number of methoxy groups -OCH3 is 1. The maximum atomic E-state index is 13.0. The molecule has 4 nitrogen and oxygen atoms in total. The molecular weight excluding hydrogens is 247 g/mol. The van der Waals surface area contributed by atoms with E-state index in [1.807, 2.05) is 0 Å². The number of ether oxygens (including phenoxy) is 1. The summed E-state index contributed by atoms with van der Waals surface area (Å²) in [5, 5.41) is 2.73. The predicted octanol–water partition coefficient (Wildman–Crippen LogP) is 2.43. The van der Waals surface area contributed by atoms with E-state index in [0.29, 0.717) is 11.4 Å². The van der Waals surface area contributed by atoms with Crippen molar-refractivity contribution in [3.8, 4) is 5.75 Å².